The average molecular weight is 138 g/mol. The van der Waals surface area contributed by atoms with Crippen molar-refractivity contribution in [2.75, 3.05) is 0 Å². The van der Waals surface area contributed by atoms with Crippen LogP contribution in [0.25, 0.3) is 0 Å². The van der Waals surface area contributed by atoms with Gasteiger partial charge in [-0.2, -0.15) is 5.26 Å². The molecule has 0 amide bonds. The van der Waals surface area contributed by atoms with Crippen LogP contribution in [0, 0.1) is 17.1 Å². The SMILES string of the molecule is N#Cc1ccc([OH2+])cc1F. The van der Waals surface area contributed by atoms with Crippen LogP contribution < -0.4 is 0 Å². The van der Waals surface area contributed by atoms with E-state index in [2.05, 4.69) is 0 Å². The van der Waals surface area contributed by atoms with E-state index >= 15 is 0 Å². The molecule has 0 aromatic heterocycles. The number of hydrogen-bond acceptors (Lipinski definition) is 1. The zero-order chi connectivity index (χ0) is 7.56. The van der Waals surface area contributed by atoms with Crippen LogP contribution >= 0.6 is 0 Å². The molecule has 0 unspecified atom stereocenters. The zero-order valence-corrected chi connectivity index (χ0v) is 5.06. The molecule has 0 aliphatic carbocycles. The van der Waals surface area contributed by atoms with Gasteiger partial charge in [-0.15, -0.1) is 0 Å². The fraction of sp³-hybridized carbons (Fsp3) is 0. The Balaban J connectivity index is 3.23. The van der Waals surface area contributed by atoms with Crippen molar-refractivity contribution in [2.45, 2.75) is 0 Å². The van der Waals surface area contributed by atoms with Crippen molar-refractivity contribution in [1.82, 2.24) is 0 Å². The Morgan fingerprint density at radius 1 is 1.50 bits per heavy atom. The summed E-state index contributed by atoms with van der Waals surface area (Å²) in [5, 5.41) is 15.2. The van der Waals surface area contributed by atoms with Crippen LogP contribution in [0.5, 0.6) is 5.75 Å². The second-order valence-corrected chi connectivity index (χ2v) is 1.81. The van der Waals surface area contributed by atoms with E-state index in [1.54, 1.807) is 6.07 Å². The fourth-order valence-electron chi connectivity index (χ4n) is 0.606. The topological polar surface area (TPSA) is 46.7 Å². The molecule has 0 aliphatic heterocycles. The maximum Gasteiger partial charge on any atom is 0.256 e. The number of nitrogens with zero attached hydrogens (tertiary/aromatic N) is 1. The Morgan fingerprint density at radius 2 is 2.20 bits per heavy atom. The largest absolute Gasteiger partial charge is 0.593 e. The molecule has 1 aromatic carbocycles. The van der Waals surface area contributed by atoms with Gasteiger partial charge in [-0.1, -0.05) is 0 Å². The summed E-state index contributed by atoms with van der Waals surface area (Å²) in [5.74, 6) is -0.550. The Morgan fingerprint density at radius 3 is 2.70 bits per heavy atom. The van der Waals surface area contributed by atoms with Crippen molar-refractivity contribution < 1.29 is 9.50 Å². The normalized spacial score (nSPS) is 8.80. The Bertz CT molecular complexity index is 290. The second kappa shape index (κ2) is 2.36. The molecule has 2 N–H and O–H groups in total. The minimum absolute atomic E-state index is 0.0176. The van der Waals surface area contributed by atoms with Gasteiger partial charge in [0.15, 0.2) is 0 Å². The first-order valence-corrected chi connectivity index (χ1v) is 2.65. The summed E-state index contributed by atoms with van der Waals surface area (Å²) in [4.78, 5) is 0. The van der Waals surface area contributed by atoms with Crippen LogP contribution in [0.4, 0.5) is 4.39 Å². The highest BCUT2D eigenvalue weighted by Gasteiger charge is 2.02. The van der Waals surface area contributed by atoms with E-state index in [0.29, 0.717) is 0 Å². The van der Waals surface area contributed by atoms with Gasteiger partial charge in [0.2, 0.25) is 0 Å². The third kappa shape index (κ3) is 1.06. The Hall–Kier alpha value is -1.56. The number of benzene rings is 1. The molecule has 50 valence electrons. The standard InChI is InChI=1S/C7H4FNO/c8-7-3-6(10)2-1-5(7)4-9/h1-3,10H/p+1. The van der Waals surface area contributed by atoms with E-state index in [0.717, 1.165) is 6.07 Å². The van der Waals surface area contributed by atoms with E-state index in [1.165, 1.54) is 12.1 Å². The first kappa shape index (κ1) is 6.56. The van der Waals surface area contributed by atoms with Crippen molar-refractivity contribution in [1.29, 1.82) is 5.26 Å². The van der Waals surface area contributed by atoms with Gasteiger partial charge in [-0.3, -0.25) is 0 Å². The first-order valence-electron chi connectivity index (χ1n) is 2.65. The quantitative estimate of drug-likeness (QED) is 0.496. The fourth-order valence-corrected chi connectivity index (χ4v) is 0.606. The maximum atomic E-state index is 12.5. The molecule has 0 saturated carbocycles. The summed E-state index contributed by atoms with van der Waals surface area (Å²) in [5.41, 5.74) is -0.0176. The molecule has 1 rings (SSSR count). The van der Waals surface area contributed by atoms with Gasteiger partial charge in [0, 0.05) is 6.07 Å². The van der Waals surface area contributed by atoms with Gasteiger partial charge < -0.3 is 5.11 Å². The van der Waals surface area contributed by atoms with Crippen molar-refractivity contribution >= 4 is 0 Å². The van der Waals surface area contributed by atoms with Crippen LogP contribution in [-0.4, -0.2) is 5.11 Å². The molecular formula is C7H5FNO+. The van der Waals surface area contributed by atoms with E-state index in [4.69, 9.17) is 10.4 Å². The Kier molecular flexibility index (Phi) is 1.55. The molecule has 0 saturated heterocycles. The Labute approximate surface area is 57.1 Å². The smallest absolute Gasteiger partial charge is 0.256 e. The van der Waals surface area contributed by atoms with Crippen molar-refractivity contribution in [3.63, 3.8) is 0 Å². The lowest BCUT2D eigenvalue weighted by molar-refractivity contribution is 0.469. The van der Waals surface area contributed by atoms with Crippen molar-refractivity contribution in [3.05, 3.63) is 29.6 Å². The highest BCUT2D eigenvalue weighted by atomic mass is 19.1. The monoisotopic (exact) mass is 138 g/mol. The van der Waals surface area contributed by atoms with Crippen molar-refractivity contribution in [3.8, 4) is 11.8 Å². The third-order valence-electron chi connectivity index (χ3n) is 1.09. The average Bonchev–Trinajstić information content (AvgIpc) is 1.88. The van der Waals surface area contributed by atoms with Crippen LogP contribution in [0.2, 0.25) is 0 Å². The lowest BCUT2D eigenvalue weighted by Crippen LogP contribution is -1.80. The van der Waals surface area contributed by atoms with Gasteiger partial charge >= 0.3 is 0 Å². The van der Waals surface area contributed by atoms with Gasteiger partial charge in [-0.05, 0) is 6.07 Å². The minimum Gasteiger partial charge on any atom is -0.593 e. The molecular weight excluding hydrogens is 133 g/mol. The van der Waals surface area contributed by atoms with E-state index in [-0.39, 0.29) is 11.3 Å². The molecule has 0 radical (unpaired) electrons. The molecule has 0 spiro atoms. The predicted octanol–water partition coefficient (Wildman–Crippen LogP) is 1.14. The molecule has 0 bridgehead atoms. The number of nitriles is 1. The van der Waals surface area contributed by atoms with Gasteiger partial charge in [0.05, 0.1) is 11.6 Å². The van der Waals surface area contributed by atoms with Crippen LogP contribution in [0.15, 0.2) is 18.2 Å². The second-order valence-electron chi connectivity index (χ2n) is 1.81. The molecule has 3 heteroatoms. The first-order chi connectivity index (χ1) is 4.74. The number of halogens is 1. The minimum atomic E-state index is -0.630. The van der Waals surface area contributed by atoms with Gasteiger partial charge in [0.25, 0.3) is 5.75 Å². The van der Waals surface area contributed by atoms with Crippen molar-refractivity contribution in [2.24, 2.45) is 0 Å². The number of hydrogen-bond donors (Lipinski definition) is 0. The summed E-state index contributed by atoms with van der Waals surface area (Å²) < 4.78 is 12.5. The molecule has 0 fully saturated rings. The summed E-state index contributed by atoms with van der Waals surface area (Å²) >= 11 is 0. The maximum absolute atomic E-state index is 12.5. The molecule has 0 aliphatic rings. The lowest BCUT2D eigenvalue weighted by Gasteiger charge is -1.89. The molecule has 1 aromatic rings. The molecule has 10 heavy (non-hydrogen) atoms. The zero-order valence-electron chi connectivity index (χ0n) is 5.06. The van der Waals surface area contributed by atoms with Gasteiger partial charge in [-0.25, -0.2) is 4.39 Å². The van der Waals surface area contributed by atoms with E-state index < -0.39 is 5.82 Å². The van der Waals surface area contributed by atoms with Crippen LogP contribution in [-0.2, 0) is 0 Å². The summed E-state index contributed by atoms with van der Waals surface area (Å²) in [7, 11) is 0. The highest BCUT2D eigenvalue weighted by Crippen LogP contribution is 2.13. The van der Waals surface area contributed by atoms with Crippen LogP contribution in [0.3, 0.4) is 0 Å². The predicted molar refractivity (Wildman–Crippen MR) is 34.2 cm³/mol. The summed E-state index contributed by atoms with van der Waals surface area (Å²) in [6, 6.07) is 5.34. The molecule has 0 heterocycles. The number of rotatable bonds is 0. The highest BCUT2D eigenvalue weighted by molar-refractivity contribution is 5.35. The van der Waals surface area contributed by atoms with E-state index in [1.807, 2.05) is 0 Å². The van der Waals surface area contributed by atoms with Gasteiger partial charge in [0.1, 0.15) is 11.9 Å². The van der Waals surface area contributed by atoms with Crippen LogP contribution in [0.1, 0.15) is 5.56 Å². The molecule has 2 nitrogen and oxygen atoms in total. The van der Waals surface area contributed by atoms with E-state index in [9.17, 15) is 4.39 Å². The lowest BCUT2D eigenvalue weighted by atomic mass is 10.2. The third-order valence-corrected chi connectivity index (χ3v) is 1.09. The summed E-state index contributed by atoms with van der Waals surface area (Å²) in [6.45, 7) is 0. The molecule has 0 atom stereocenters. The summed E-state index contributed by atoms with van der Waals surface area (Å²) in [6.07, 6.45) is 0.